The van der Waals surface area contributed by atoms with Crippen molar-refractivity contribution in [3.05, 3.63) is 50.3 Å². The number of allylic oxidation sites excluding steroid dienone is 3. The summed E-state index contributed by atoms with van der Waals surface area (Å²) in [5.74, 6) is 0.174. The van der Waals surface area contributed by atoms with E-state index >= 15 is 0 Å². The molecule has 17 heavy (non-hydrogen) atoms. The Kier molecular flexibility index (Phi) is 4.95. The van der Waals surface area contributed by atoms with Gasteiger partial charge in [0, 0.05) is 0 Å². The molecule has 4 heteroatoms. The molecular weight excluding hydrogens is 388 g/mol. The van der Waals surface area contributed by atoms with E-state index in [9.17, 15) is 9.59 Å². The summed E-state index contributed by atoms with van der Waals surface area (Å²) in [5, 5.41) is 0. The van der Waals surface area contributed by atoms with Gasteiger partial charge >= 0.3 is 111 Å². The molecule has 1 aromatic rings. The summed E-state index contributed by atoms with van der Waals surface area (Å²) >= 11 is 1.32. The first-order valence-corrected chi connectivity index (χ1v) is 6.88. The summed E-state index contributed by atoms with van der Waals surface area (Å²) in [7, 11) is 0. The third-order valence-electron chi connectivity index (χ3n) is 2.08. The van der Waals surface area contributed by atoms with Crippen LogP contribution in [0.5, 0.6) is 5.75 Å². The van der Waals surface area contributed by atoms with Gasteiger partial charge in [0.1, 0.15) is 0 Å². The van der Waals surface area contributed by atoms with Crippen LogP contribution in [0.4, 0.5) is 0 Å². The number of rotatable bonds is 6. The standard InChI is InChI=1S/C13H13O3.W/c1-5-6-9(4)7-10-11(14)12(15)13(10)16-8(2)3;/h1,4-6,8H,7H2,2-3H3;/q-1;/b6-5-;. The normalized spacial score (nSPS) is 11.2. The molecule has 0 amide bonds. The van der Waals surface area contributed by atoms with Gasteiger partial charge in [-0.15, -0.1) is 0 Å². The number of hydrogen-bond donors (Lipinski definition) is 0. The maximum atomic E-state index is 11.4. The van der Waals surface area contributed by atoms with Crippen molar-refractivity contribution in [2.24, 2.45) is 0 Å². The zero-order valence-corrected chi connectivity index (χ0v) is 12.7. The van der Waals surface area contributed by atoms with Crippen molar-refractivity contribution in [3.8, 4) is 5.75 Å². The molecule has 3 nitrogen and oxygen atoms in total. The van der Waals surface area contributed by atoms with E-state index < -0.39 is 10.9 Å². The average Bonchev–Trinajstić information content (AvgIpc) is 2.30. The predicted octanol–water partition coefficient (Wildman–Crippen LogP) is 0.877. The van der Waals surface area contributed by atoms with Crippen LogP contribution in [-0.4, -0.2) is 10.5 Å². The SMILES string of the molecule is [CH-]=C(/C=C\[CH]=[W])Cc1c(OC(C)C)c(=O)c1=O. The van der Waals surface area contributed by atoms with Crippen LogP contribution in [-0.2, 0) is 25.8 Å². The monoisotopic (exact) mass is 401 g/mol. The van der Waals surface area contributed by atoms with Crippen LogP contribution in [0.15, 0.2) is 27.3 Å². The van der Waals surface area contributed by atoms with Crippen LogP contribution >= 0.6 is 0 Å². The topological polar surface area (TPSA) is 43.4 Å². The molecular formula is C13H13O3W-. The van der Waals surface area contributed by atoms with E-state index in [1.165, 1.54) is 19.4 Å². The second-order valence-electron chi connectivity index (χ2n) is 3.88. The molecule has 0 atom stereocenters. The molecule has 0 saturated heterocycles. The molecule has 1 rings (SSSR count). The number of ether oxygens (including phenoxy) is 1. The zero-order valence-electron chi connectivity index (χ0n) is 9.73. The van der Waals surface area contributed by atoms with Gasteiger partial charge in [-0.1, -0.05) is 0 Å². The van der Waals surface area contributed by atoms with Crippen molar-refractivity contribution in [2.45, 2.75) is 26.4 Å². The van der Waals surface area contributed by atoms with Gasteiger partial charge in [0.15, 0.2) is 0 Å². The number of hydrogen-bond acceptors (Lipinski definition) is 3. The van der Waals surface area contributed by atoms with E-state index in [1.54, 1.807) is 6.08 Å². The van der Waals surface area contributed by atoms with Crippen LogP contribution < -0.4 is 15.6 Å². The molecule has 0 N–H and O–H groups in total. The first-order chi connectivity index (χ1) is 7.97. The van der Waals surface area contributed by atoms with Gasteiger partial charge in [0.25, 0.3) is 0 Å². The van der Waals surface area contributed by atoms with Crippen molar-refractivity contribution >= 4 is 4.40 Å². The summed E-state index contributed by atoms with van der Waals surface area (Å²) in [6.45, 7) is 9.35. The van der Waals surface area contributed by atoms with Gasteiger partial charge in [-0.25, -0.2) is 0 Å². The Morgan fingerprint density at radius 1 is 1.41 bits per heavy atom. The van der Waals surface area contributed by atoms with Crippen LogP contribution in [0.3, 0.4) is 0 Å². The fourth-order valence-corrected chi connectivity index (χ4v) is 1.65. The molecule has 0 bridgehead atoms. The van der Waals surface area contributed by atoms with E-state index in [0.717, 1.165) is 0 Å². The van der Waals surface area contributed by atoms with Gasteiger partial charge < -0.3 is 0 Å². The molecule has 90 valence electrons. The van der Waals surface area contributed by atoms with Gasteiger partial charge in [-0.2, -0.15) is 0 Å². The molecule has 0 fully saturated rings. The summed E-state index contributed by atoms with van der Waals surface area (Å²) in [6, 6.07) is 0. The van der Waals surface area contributed by atoms with Crippen molar-refractivity contribution < 1.29 is 24.1 Å². The second kappa shape index (κ2) is 6.02. The molecule has 1 aromatic carbocycles. The Balaban J connectivity index is 2.85. The molecule has 0 aliphatic carbocycles. The molecule has 0 saturated carbocycles. The minimum absolute atomic E-state index is 0.124. The third kappa shape index (κ3) is 3.44. The van der Waals surface area contributed by atoms with Crippen molar-refractivity contribution in [2.75, 3.05) is 0 Å². The summed E-state index contributed by atoms with van der Waals surface area (Å²) in [6.07, 6.45) is 3.69. The van der Waals surface area contributed by atoms with Crippen LogP contribution in [0.1, 0.15) is 19.4 Å². The van der Waals surface area contributed by atoms with E-state index in [1.807, 2.05) is 24.3 Å². The second-order valence-corrected chi connectivity index (χ2v) is 4.86. The Labute approximate surface area is 111 Å². The summed E-state index contributed by atoms with van der Waals surface area (Å²) in [5.41, 5.74) is -0.0995. The Morgan fingerprint density at radius 3 is 2.59 bits per heavy atom. The van der Waals surface area contributed by atoms with Crippen LogP contribution in [0.2, 0.25) is 0 Å². The zero-order chi connectivity index (χ0) is 13.0. The first-order valence-electron chi connectivity index (χ1n) is 5.19. The molecule has 0 unspecified atom stereocenters. The average molecular weight is 401 g/mol. The van der Waals surface area contributed by atoms with E-state index in [-0.39, 0.29) is 18.3 Å². The Bertz CT molecular complexity index is 531. The van der Waals surface area contributed by atoms with Gasteiger partial charge in [0.2, 0.25) is 0 Å². The molecule has 0 aliphatic rings. The molecule has 0 radical (unpaired) electrons. The van der Waals surface area contributed by atoms with Gasteiger partial charge in [-0.05, 0) is 0 Å². The van der Waals surface area contributed by atoms with Crippen LogP contribution in [0, 0.1) is 6.58 Å². The fraction of sp³-hybridized carbons (Fsp3) is 0.308. The summed E-state index contributed by atoms with van der Waals surface area (Å²) < 4.78 is 7.22. The molecule has 0 aliphatic heterocycles. The minimum atomic E-state index is -0.544. The Hall–Kier alpha value is -1.08. The molecule has 0 heterocycles. The van der Waals surface area contributed by atoms with Crippen molar-refractivity contribution in [1.29, 1.82) is 0 Å². The van der Waals surface area contributed by atoms with E-state index in [2.05, 4.69) is 0 Å². The van der Waals surface area contributed by atoms with Gasteiger partial charge in [-0.3, -0.25) is 0 Å². The van der Waals surface area contributed by atoms with Crippen molar-refractivity contribution in [3.63, 3.8) is 0 Å². The van der Waals surface area contributed by atoms with Crippen molar-refractivity contribution in [1.82, 2.24) is 0 Å². The van der Waals surface area contributed by atoms with Crippen LogP contribution in [0.25, 0.3) is 0 Å². The van der Waals surface area contributed by atoms with E-state index in [0.29, 0.717) is 11.1 Å². The summed E-state index contributed by atoms with van der Waals surface area (Å²) in [4.78, 5) is 22.7. The Morgan fingerprint density at radius 2 is 2.06 bits per heavy atom. The fourth-order valence-electron chi connectivity index (χ4n) is 1.36. The molecule has 0 spiro atoms. The van der Waals surface area contributed by atoms with E-state index in [4.69, 9.17) is 11.3 Å². The maximum absolute atomic E-state index is 11.4. The van der Waals surface area contributed by atoms with Gasteiger partial charge in [0.05, 0.1) is 0 Å². The quantitative estimate of drug-likeness (QED) is 0.404. The predicted molar refractivity (Wildman–Crippen MR) is 63.8 cm³/mol. The molecule has 0 aromatic heterocycles. The first kappa shape index (κ1) is 14.0. The third-order valence-corrected chi connectivity index (χ3v) is 2.65.